The van der Waals surface area contributed by atoms with Crippen LogP contribution in [0.25, 0.3) is 0 Å². The van der Waals surface area contributed by atoms with Crippen LogP contribution in [0.1, 0.15) is 32.4 Å². The molecule has 0 aromatic heterocycles. The van der Waals surface area contributed by atoms with Crippen LogP contribution in [0.2, 0.25) is 10.0 Å². The smallest absolute Gasteiger partial charge is 0.407 e. The summed E-state index contributed by atoms with van der Waals surface area (Å²) >= 11 is 12.1. The van der Waals surface area contributed by atoms with Crippen LogP contribution in [0.5, 0.6) is 0 Å². The molecule has 128 valence electrons. The third-order valence-electron chi connectivity index (χ3n) is 3.60. The van der Waals surface area contributed by atoms with Gasteiger partial charge in [-0.3, -0.25) is 0 Å². The van der Waals surface area contributed by atoms with Gasteiger partial charge in [0.1, 0.15) is 0 Å². The van der Waals surface area contributed by atoms with Crippen LogP contribution in [0.4, 0.5) is 4.79 Å². The molecular weight excluding hydrogens is 339 g/mol. The average Bonchev–Trinajstić information content (AvgIpc) is 2.63. The summed E-state index contributed by atoms with van der Waals surface area (Å²) in [5.41, 5.74) is 0.699. The minimum absolute atomic E-state index is 0.184. The van der Waals surface area contributed by atoms with Gasteiger partial charge in [0.15, 0.2) is 0 Å². The van der Waals surface area contributed by atoms with Crippen LogP contribution in [0.3, 0.4) is 0 Å². The van der Waals surface area contributed by atoms with Crippen molar-refractivity contribution in [3.05, 3.63) is 33.8 Å². The van der Waals surface area contributed by atoms with E-state index < -0.39 is 6.09 Å². The summed E-state index contributed by atoms with van der Waals surface area (Å²) < 4.78 is 5.95. The van der Waals surface area contributed by atoms with Crippen LogP contribution < -0.4 is 5.32 Å². The van der Waals surface area contributed by atoms with Gasteiger partial charge in [0.2, 0.25) is 0 Å². The van der Waals surface area contributed by atoms with E-state index in [9.17, 15) is 9.90 Å². The number of hydrogen-bond acceptors (Lipinski definition) is 3. The van der Waals surface area contributed by atoms with E-state index in [1.807, 2.05) is 26.8 Å². The van der Waals surface area contributed by atoms with E-state index in [1.54, 1.807) is 12.1 Å². The number of halogens is 2. The molecule has 0 aliphatic carbocycles. The molecule has 2 N–H and O–H groups in total. The number of carbonyl (C=O) groups is 1. The van der Waals surface area contributed by atoms with Crippen molar-refractivity contribution in [2.75, 3.05) is 19.7 Å². The molecule has 2 rings (SSSR count). The van der Waals surface area contributed by atoms with Crippen LogP contribution in [-0.4, -0.2) is 47.4 Å². The molecule has 1 aliphatic heterocycles. The van der Waals surface area contributed by atoms with E-state index in [0.29, 0.717) is 29.7 Å². The second-order valence-electron chi connectivity index (χ2n) is 6.69. The predicted molar refractivity (Wildman–Crippen MR) is 91.4 cm³/mol. The minimum Gasteiger partial charge on any atom is -0.465 e. The van der Waals surface area contributed by atoms with Gasteiger partial charge in [0.05, 0.1) is 28.8 Å². The van der Waals surface area contributed by atoms with Crippen molar-refractivity contribution in [1.82, 2.24) is 10.2 Å². The largest absolute Gasteiger partial charge is 0.465 e. The van der Waals surface area contributed by atoms with Crippen molar-refractivity contribution in [2.24, 2.45) is 0 Å². The zero-order valence-corrected chi connectivity index (χ0v) is 15.0. The van der Waals surface area contributed by atoms with Gasteiger partial charge in [-0.2, -0.15) is 0 Å². The molecule has 0 saturated carbocycles. The SMILES string of the molecule is CC(C)(C)N[C@@H]1CN(C(=O)O)CCO[C@H]1c1ccc(Cl)c(Cl)c1. The first kappa shape index (κ1) is 18.3. The van der Waals surface area contributed by atoms with Gasteiger partial charge in [-0.1, -0.05) is 29.3 Å². The fraction of sp³-hybridized carbons (Fsp3) is 0.562. The number of ether oxygens (including phenoxy) is 1. The highest BCUT2D eigenvalue weighted by atomic mass is 35.5. The van der Waals surface area contributed by atoms with Crippen LogP contribution >= 0.6 is 23.2 Å². The van der Waals surface area contributed by atoms with Gasteiger partial charge >= 0.3 is 6.09 Å². The third kappa shape index (κ3) is 4.98. The Balaban J connectivity index is 2.32. The first-order chi connectivity index (χ1) is 10.7. The summed E-state index contributed by atoms with van der Waals surface area (Å²) in [6.07, 6.45) is -1.24. The first-order valence-electron chi connectivity index (χ1n) is 7.49. The normalized spacial score (nSPS) is 22.7. The number of carboxylic acid groups (broad SMARTS) is 1. The second-order valence-corrected chi connectivity index (χ2v) is 7.51. The highest BCUT2D eigenvalue weighted by Crippen LogP contribution is 2.31. The molecule has 1 aromatic carbocycles. The van der Waals surface area contributed by atoms with Crippen molar-refractivity contribution >= 4 is 29.3 Å². The van der Waals surface area contributed by atoms with Crippen molar-refractivity contribution in [2.45, 2.75) is 38.5 Å². The molecule has 0 bridgehead atoms. The van der Waals surface area contributed by atoms with Crippen molar-refractivity contribution in [3.63, 3.8) is 0 Å². The Morgan fingerprint density at radius 3 is 2.61 bits per heavy atom. The van der Waals surface area contributed by atoms with Crippen molar-refractivity contribution < 1.29 is 14.6 Å². The molecule has 0 radical (unpaired) electrons. The lowest BCUT2D eigenvalue weighted by Crippen LogP contribution is -2.51. The second kappa shape index (κ2) is 7.26. The molecule has 0 unspecified atom stereocenters. The predicted octanol–water partition coefficient (Wildman–Crippen LogP) is 3.80. The monoisotopic (exact) mass is 360 g/mol. The molecule has 1 heterocycles. The molecule has 1 amide bonds. The molecule has 7 heteroatoms. The van der Waals surface area contributed by atoms with E-state index in [4.69, 9.17) is 27.9 Å². The fourth-order valence-electron chi connectivity index (χ4n) is 2.70. The summed E-state index contributed by atoms with van der Waals surface area (Å²) in [4.78, 5) is 12.7. The first-order valence-corrected chi connectivity index (χ1v) is 8.25. The van der Waals surface area contributed by atoms with Gasteiger partial charge in [0.25, 0.3) is 0 Å². The molecule has 2 atom stereocenters. The van der Waals surface area contributed by atoms with E-state index >= 15 is 0 Å². The lowest BCUT2D eigenvalue weighted by Gasteiger charge is -2.34. The molecular formula is C16H22Cl2N2O3. The summed E-state index contributed by atoms with van der Waals surface area (Å²) in [5.74, 6) is 0. The Labute approximate surface area is 146 Å². The van der Waals surface area contributed by atoms with Crippen LogP contribution in [-0.2, 0) is 4.74 Å². The molecule has 0 spiro atoms. The Bertz CT molecular complexity index is 575. The standard InChI is InChI=1S/C16H22Cl2N2O3/c1-16(2,3)19-13-9-20(15(21)22)6-7-23-14(13)10-4-5-11(17)12(18)8-10/h4-5,8,13-14,19H,6-7,9H2,1-3H3,(H,21,22)/t13-,14+/m1/s1. The number of rotatable bonds is 2. The topological polar surface area (TPSA) is 61.8 Å². The van der Waals surface area contributed by atoms with E-state index in [2.05, 4.69) is 5.32 Å². The van der Waals surface area contributed by atoms with Crippen molar-refractivity contribution in [3.8, 4) is 0 Å². The van der Waals surface area contributed by atoms with E-state index in [-0.39, 0.29) is 17.7 Å². The molecule has 1 saturated heterocycles. The maximum atomic E-state index is 11.4. The zero-order valence-electron chi connectivity index (χ0n) is 13.5. The zero-order chi connectivity index (χ0) is 17.2. The summed E-state index contributed by atoms with van der Waals surface area (Å²) in [7, 11) is 0. The average molecular weight is 361 g/mol. The van der Waals surface area contributed by atoms with Gasteiger partial charge in [-0.15, -0.1) is 0 Å². The van der Waals surface area contributed by atoms with Crippen LogP contribution in [0.15, 0.2) is 18.2 Å². The molecule has 23 heavy (non-hydrogen) atoms. The maximum Gasteiger partial charge on any atom is 0.407 e. The lowest BCUT2D eigenvalue weighted by atomic mass is 9.98. The Morgan fingerprint density at radius 1 is 1.35 bits per heavy atom. The fourth-order valence-corrected chi connectivity index (χ4v) is 3.01. The Morgan fingerprint density at radius 2 is 2.04 bits per heavy atom. The molecule has 1 aromatic rings. The highest BCUT2D eigenvalue weighted by Gasteiger charge is 2.33. The van der Waals surface area contributed by atoms with Gasteiger partial charge in [-0.05, 0) is 38.5 Å². The number of hydrogen-bond donors (Lipinski definition) is 2. The summed E-state index contributed by atoms with van der Waals surface area (Å²) in [6.45, 7) is 7.13. The summed E-state index contributed by atoms with van der Waals surface area (Å²) in [5, 5.41) is 13.7. The van der Waals surface area contributed by atoms with Crippen LogP contribution in [0, 0.1) is 0 Å². The third-order valence-corrected chi connectivity index (χ3v) is 4.34. The number of nitrogens with zero attached hydrogens (tertiary/aromatic N) is 1. The van der Waals surface area contributed by atoms with E-state index in [0.717, 1.165) is 5.56 Å². The molecule has 1 fully saturated rings. The van der Waals surface area contributed by atoms with Gasteiger partial charge in [0, 0.05) is 18.6 Å². The number of benzene rings is 1. The van der Waals surface area contributed by atoms with Gasteiger partial charge < -0.3 is 20.1 Å². The quantitative estimate of drug-likeness (QED) is 0.841. The van der Waals surface area contributed by atoms with Gasteiger partial charge in [-0.25, -0.2) is 4.79 Å². The molecule has 1 aliphatic rings. The number of amides is 1. The lowest BCUT2D eigenvalue weighted by molar-refractivity contribution is 0.0373. The van der Waals surface area contributed by atoms with E-state index in [1.165, 1.54) is 4.90 Å². The summed E-state index contributed by atoms with van der Waals surface area (Å²) in [6, 6.07) is 5.19. The Kier molecular flexibility index (Phi) is 5.79. The molecule has 5 nitrogen and oxygen atoms in total. The maximum absolute atomic E-state index is 11.4. The van der Waals surface area contributed by atoms with Crippen molar-refractivity contribution in [1.29, 1.82) is 0 Å². The Hall–Kier alpha value is -1.01. The highest BCUT2D eigenvalue weighted by molar-refractivity contribution is 6.42. The number of nitrogens with one attached hydrogen (secondary N) is 1. The minimum atomic E-state index is -0.941.